The fourth-order valence-corrected chi connectivity index (χ4v) is 2.13. The van der Waals surface area contributed by atoms with Gasteiger partial charge in [0.1, 0.15) is 5.69 Å². The average Bonchev–Trinajstić information content (AvgIpc) is 2.40. The molecule has 0 aromatic heterocycles. The maximum atomic E-state index is 10.7. The fraction of sp³-hybridized carbons (Fsp3) is 0.200. The van der Waals surface area contributed by atoms with Crippen molar-refractivity contribution in [2.24, 2.45) is 0 Å². The van der Waals surface area contributed by atoms with Gasteiger partial charge in [0.25, 0.3) is 5.69 Å². The predicted octanol–water partition coefficient (Wildman–Crippen LogP) is 3.30. The molecule has 0 saturated heterocycles. The highest BCUT2D eigenvalue weighted by Crippen LogP contribution is 2.29. The van der Waals surface area contributed by atoms with E-state index in [9.17, 15) is 10.1 Å². The Morgan fingerprint density at radius 3 is 2.33 bits per heavy atom. The van der Waals surface area contributed by atoms with E-state index >= 15 is 0 Å². The fourth-order valence-electron chi connectivity index (χ4n) is 2.13. The predicted molar refractivity (Wildman–Crippen MR) is 86.3 cm³/mol. The molecule has 0 saturated carbocycles. The van der Waals surface area contributed by atoms with Crippen molar-refractivity contribution in [1.29, 1.82) is 0 Å². The van der Waals surface area contributed by atoms with Crippen molar-refractivity contribution in [3.05, 3.63) is 52.1 Å². The Morgan fingerprint density at radius 1 is 1.14 bits per heavy atom. The number of aryl methyl sites for hydroxylation is 1. The topological polar surface area (TPSA) is 84.4 Å². The minimum atomic E-state index is -0.491. The molecule has 6 heteroatoms. The number of nitro groups is 1. The quantitative estimate of drug-likeness (QED) is 0.512. The van der Waals surface area contributed by atoms with Crippen LogP contribution in [0.3, 0.4) is 0 Å². The van der Waals surface area contributed by atoms with Crippen molar-refractivity contribution in [1.82, 2.24) is 0 Å². The zero-order valence-corrected chi connectivity index (χ0v) is 12.3. The molecular formula is C15H18N4O2. The van der Waals surface area contributed by atoms with Gasteiger partial charge in [-0.25, -0.2) is 0 Å². The molecule has 0 fully saturated rings. The van der Waals surface area contributed by atoms with Crippen LogP contribution in [0.5, 0.6) is 0 Å². The van der Waals surface area contributed by atoms with Crippen LogP contribution in [0.1, 0.15) is 5.56 Å². The van der Waals surface area contributed by atoms with E-state index in [0.717, 1.165) is 11.4 Å². The Labute approximate surface area is 123 Å². The van der Waals surface area contributed by atoms with E-state index in [1.54, 1.807) is 12.1 Å². The summed E-state index contributed by atoms with van der Waals surface area (Å²) in [5, 5.41) is 14.0. The first kappa shape index (κ1) is 14.6. The second kappa shape index (κ2) is 5.70. The van der Waals surface area contributed by atoms with Crippen molar-refractivity contribution in [3.8, 4) is 0 Å². The van der Waals surface area contributed by atoms with Gasteiger partial charge in [-0.15, -0.1) is 0 Å². The summed E-state index contributed by atoms with van der Waals surface area (Å²) in [5.41, 5.74) is 9.64. The molecule has 0 aliphatic rings. The molecule has 0 aliphatic heterocycles. The summed E-state index contributed by atoms with van der Waals surface area (Å²) in [6.07, 6.45) is 0. The summed E-state index contributed by atoms with van der Waals surface area (Å²) in [5.74, 6) is 0. The van der Waals surface area contributed by atoms with Crippen LogP contribution in [-0.2, 0) is 0 Å². The normalized spacial score (nSPS) is 10.2. The molecule has 0 unspecified atom stereocenters. The molecule has 110 valence electrons. The van der Waals surface area contributed by atoms with Gasteiger partial charge in [-0.05, 0) is 36.8 Å². The van der Waals surface area contributed by atoms with Gasteiger partial charge in [0.05, 0.1) is 4.92 Å². The van der Waals surface area contributed by atoms with Crippen molar-refractivity contribution in [2.75, 3.05) is 30.0 Å². The van der Waals surface area contributed by atoms with Crippen LogP contribution in [0.2, 0.25) is 0 Å². The Bertz CT molecular complexity index is 683. The monoisotopic (exact) mass is 286 g/mol. The second-order valence-corrected chi connectivity index (χ2v) is 5.05. The zero-order chi connectivity index (χ0) is 15.6. The minimum Gasteiger partial charge on any atom is -0.393 e. The number of benzene rings is 2. The number of nitrogen functional groups attached to an aromatic ring is 1. The number of hydrogen-bond acceptors (Lipinski definition) is 5. The van der Waals surface area contributed by atoms with E-state index in [1.165, 1.54) is 11.6 Å². The molecule has 0 amide bonds. The summed E-state index contributed by atoms with van der Waals surface area (Å²) in [6.45, 7) is 2.04. The summed E-state index contributed by atoms with van der Waals surface area (Å²) >= 11 is 0. The lowest BCUT2D eigenvalue weighted by molar-refractivity contribution is -0.383. The zero-order valence-electron chi connectivity index (χ0n) is 12.3. The molecule has 3 N–H and O–H groups in total. The molecule has 0 heterocycles. The van der Waals surface area contributed by atoms with Gasteiger partial charge in [0.2, 0.25) is 0 Å². The molecule has 0 spiro atoms. The number of nitrogens with two attached hydrogens (primary N) is 1. The van der Waals surface area contributed by atoms with E-state index in [1.807, 2.05) is 44.1 Å². The standard InChI is InChI=1S/C15H18N4O2/c1-10-4-5-12(9-15(10)18(2)3)17-11-6-7-14(19(20)21)13(16)8-11/h4-9,17H,16H2,1-3H3. The van der Waals surface area contributed by atoms with E-state index in [2.05, 4.69) is 5.32 Å². The van der Waals surface area contributed by atoms with E-state index in [4.69, 9.17) is 5.73 Å². The SMILES string of the molecule is Cc1ccc(Nc2ccc([N+](=O)[O-])c(N)c2)cc1N(C)C. The number of nitro benzene ring substituents is 1. The number of hydrogen-bond donors (Lipinski definition) is 2. The van der Waals surface area contributed by atoms with E-state index < -0.39 is 4.92 Å². The Hall–Kier alpha value is -2.76. The lowest BCUT2D eigenvalue weighted by atomic mass is 10.1. The lowest BCUT2D eigenvalue weighted by Gasteiger charge is -2.17. The summed E-state index contributed by atoms with van der Waals surface area (Å²) in [6, 6.07) is 10.6. The molecule has 6 nitrogen and oxygen atoms in total. The van der Waals surface area contributed by atoms with Gasteiger partial charge in [-0.2, -0.15) is 0 Å². The maximum absolute atomic E-state index is 10.7. The maximum Gasteiger partial charge on any atom is 0.292 e. The summed E-state index contributed by atoms with van der Waals surface area (Å²) in [7, 11) is 3.96. The largest absolute Gasteiger partial charge is 0.393 e. The smallest absolute Gasteiger partial charge is 0.292 e. The van der Waals surface area contributed by atoms with Gasteiger partial charge in [0.15, 0.2) is 0 Å². The highest BCUT2D eigenvalue weighted by atomic mass is 16.6. The molecule has 0 bridgehead atoms. The molecule has 0 radical (unpaired) electrons. The Kier molecular flexibility index (Phi) is 3.98. The average molecular weight is 286 g/mol. The van der Waals surface area contributed by atoms with E-state index in [-0.39, 0.29) is 11.4 Å². The van der Waals surface area contributed by atoms with E-state index in [0.29, 0.717) is 5.69 Å². The Morgan fingerprint density at radius 2 is 1.76 bits per heavy atom. The summed E-state index contributed by atoms with van der Waals surface area (Å²) in [4.78, 5) is 12.3. The Balaban J connectivity index is 2.28. The van der Waals surface area contributed by atoms with Gasteiger partial charge in [0, 0.05) is 37.2 Å². The van der Waals surface area contributed by atoms with Crippen LogP contribution < -0.4 is 16.0 Å². The van der Waals surface area contributed by atoms with Gasteiger partial charge < -0.3 is 16.0 Å². The third-order valence-electron chi connectivity index (χ3n) is 3.20. The molecule has 2 aromatic carbocycles. The highest BCUT2D eigenvalue weighted by Gasteiger charge is 2.11. The number of nitrogens with one attached hydrogen (secondary N) is 1. The minimum absolute atomic E-state index is 0.0848. The first-order valence-corrected chi connectivity index (χ1v) is 6.47. The van der Waals surface area contributed by atoms with Gasteiger partial charge in [-0.3, -0.25) is 10.1 Å². The molecule has 2 aromatic rings. The van der Waals surface area contributed by atoms with Crippen LogP contribution in [0.25, 0.3) is 0 Å². The molecule has 0 aliphatic carbocycles. The van der Waals surface area contributed by atoms with Crippen molar-refractivity contribution < 1.29 is 4.92 Å². The third-order valence-corrected chi connectivity index (χ3v) is 3.20. The van der Waals surface area contributed by atoms with Crippen LogP contribution >= 0.6 is 0 Å². The molecule has 0 atom stereocenters. The number of anilines is 4. The first-order chi connectivity index (χ1) is 9.88. The van der Waals surface area contributed by atoms with Crippen LogP contribution in [0.15, 0.2) is 36.4 Å². The number of rotatable bonds is 4. The first-order valence-electron chi connectivity index (χ1n) is 6.47. The molecule has 21 heavy (non-hydrogen) atoms. The van der Waals surface area contributed by atoms with Gasteiger partial charge >= 0.3 is 0 Å². The molecule has 2 rings (SSSR count). The van der Waals surface area contributed by atoms with Gasteiger partial charge in [-0.1, -0.05) is 6.07 Å². The van der Waals surface area contributed by atoms with Crippen LogP contribution in [0, 0.1) is 17.0 Å². The molecular weight excluding hydrogens is 268 g/mol. The lowest BCUT2D eigenvalue weighted by Crippen LogP contribution is -2.10. The number of nitrogens with zero attached hydrogens (tertiary/aromatic N) is 2. The third kappa shape index (κ3) is 3.22. The van der Waals surface area contributed by atoms with Crippen molar-refractivity contribution in [2.45, 2.75) is 6.92 Å². The second-order valence-electron chi connectivity index (χ2n) is 5.05. The summed E-state index contributed by atoms with van der Waals surface area (Å²) < 4.78 is 0. The van der Waals surface area contributed by atoms with Crippen LogP contribution in [-0.4, -0.2) is 19.0 Å². The van der Waals surface area contributed by atoms with Crippen LogP contribution in [0.4, 0.5) is 28.4 Å². The highest BCUT2D eigenvalue weighted by molar-refractivity contribution is 5.72. The van der Waals surface area contributed by atoms with Crippen molar-refractivity contribution in [3.63, 3.8) is 0 Å². The van der Waals surface area contributed by atoms with Crippen molar-refractivity contribution >= 4 is 28.4 Å².